The number of amides is 1. The van der Waals surface area contributed by atoms with Crippen molar-refractivity contribution < 1.29 is 9.53 Å². The Kier molecular flexibility index (Phi) is 8.46. The summed E-state index contributed by atoms with van der Waals surface area (Å²) in [6.07, 6.45) is 21.3. The van der Waals surface area contributed by atoms with E-state index in [0.29, 0.717) is 31.1 Å². The first kappa shape index (κ1) is 23.5. The summed E-state index contributed by atoms with van der Waals surface area (Å²) in [4.78, 5) is 12.9. The first-order valence-electron chi connectivity index (χ1n) is 13.3. The minimum Gasteiger partial charge on any atom is -0.376 e. The van der Waals surface area contributed by atoms with Crippen LogP contribution in [0.2, 0.25) is 0 Å². The van der Waals surface area contributed by atoms with E-state index < -0.39 is 0 Å². The summed E-state index contributed by atoms with van der Waals surface area (Å²) in [5.41, 5.74) is 1.94. The second-order valence-corrected chi connectivity index (χ2v) is 10.6. The molecule has 1 amide bonds. The smallest absolute Gasteiger partial charge is 0.251 e. The average molecular weight is 438 g/mol. The van der Waals surface area contributed by atoms with Crippen LogP contribution < -0.4 is 15.8 Å². The molecule has 0 bridgehead atoms. The molecule has 1 aromatic carbocycles. The molecule has 3 heteroatoms. The number of rotatable bonds is 9. The summed E-state index contributed by atoms with van der Waals surface area (Å²) in [7, 11) is 0. The second-order valence-electron chi connectivity index (χ2n) is 10.6. The maximum absolute atomic E-state index is 12.9. The van der Waals surface area contributed by atoms with E-state index in [1.165, 1.54) is 81.1 Å². The number of hydrogen-bond acceptors (Lipinski definition) is 2. The van der Waals surface area contributed by atoms with Crippen LogP contribution in [0.15, 0.2) is 12.1 Å². The van der Waals surface area contributed by atoms with Gasteiger partial charge in [0.25, 0.3) is 5.91 Å². The fraction of sp³-hybridized carbons (Fsp3) is 0.690. The van der Waals surface area contributed by atoms with Crippen LogP contribution in [0.25, 0.3) is 12.2 Å². The molecule has 176 valence electrons. The maximum Gasteiger partial charge on any atom is 0.251 e. The number of ether oxygens (including phenoxy) is 1. The SMILES string of the molecule is Cc1c(C(=O)NCCOC2CCC2)ccc2c1=CC(CCCC1CCCCC1)C(C)CC=2. The van der Waals surface area contributed by atoms with E-state index in [0.717, 1.165) is 23.5 Å². The predicted octanol–water partition coefficient (Wildman–Crippen LogP) is 5.26. The minimum absolute atomic E-state index is 0.0297. The summed E-state index contributed by atoms with van der Waals surface area (Å²) < 4.78 is 5.78. The molecule has 0 saturated heterocycles. The summed E-state index contributed by atoms with van der Waals surface area (Å²) in [6, 6.07) is 4.16. The fourth-order valence-electron chi connectivity index (χ4n) is 5.77. The van der Waals surface area contributed by atoms with Crippen molar-refractivity contribution >= 4 is 18.1 Å². The van der Waals surface area contributed by atoms with E-state index in [1.807, 2.05) is 6.07 Å². The highest BCUT2D eigenvalue weighted by Gasteiger charge is 2.20. The Bertz CT molecular complexity index is 879. The van der Waals surface area contributed by atoms with Gasteiger partial charge in [-0.1, -0.05) is 70.1 Å². The van der Waals surface area contributed by atoms with Gasteiger partial charge in [0.2, 0.25) is 0 Å². The molecule has 2 fully saturated rings. The average Bonchev–Trinajstić information content (AvgIpc) is 2.93. The summed E-state index contributed by atoms with van der Waals surface area (Å²) >= 11 is 0. The van der Waals surface area contributed by atoms with Crippen LogP contribution in [0, 0.1) is 24.7 Å². The molecule has 2 saturated carbocycles. The van der Waals surface area contributed by atoms with Crippen molar-refractivity contribution in [3.63, 3.8) is 0 Å². The lowest BCUT2D eigenvalue weighted by Gasteiger charge is -2.25. The van der Waals surface area contributed by atoms with E-state index in [2.05, 4.69) is 37.4 Å². The number of benzene rings is 1. The van der Waals surface area contributed by atoms with E-state index in [9.17, 15) is 4.79 Å². The van der Waals surface area contributed by atoms with Crippen LogP contribution >= 0.6 is 0 Å². The molecular formula is C29H43NO2. The maximum atomic E-state index is 12.9. The van der Waals surface area contributed by atoms with Crippen LogP contribution in [0.3, 0.4) is 0 Å². The Morgan fingerprint density at radius 2 is 1.88 bits per heavy atom. The molecule has 4 rings (SSSR count). The topological polar surface area (TPSA) is 38.3 Å². The molecule has 0 spiro atoms. The zero-order chi connectivity index (χ0) is 22.3. The number of fused-ring (bicyclic) bond motifs is 1. The Hall–Kier alpha value is -1.61. The third-order valence-corrected chi connectivity index (χ3v) is 8.28. The fourth-order valence-corrected chi connectivity index (χ4v) is 5.77. The molecule has 2 unspecified atom stereocenters. The minimum atomic E-state index is 0.0297. The number of hydrogen-bond donors (Lipinski definition) is 1. The molecule has 3 aliphatic carbocycles. The van der Waals surface area contributed by atoms with Gasteiger partial charge in [0.15, 0.2) is 0 Å². The third-order valence-electron chi connectivity index (χ3n) is 8.28. The molecule has 1 aromatic rings. The molecule has 32 heavy (non-hydrogen) atoms. The van der Waals surface area contributed by atoms with Crippen molar-refractivity contribution in [1.29, 1.82) is 0 Å². The van der Waals surface area contributed by atoms with Gasteiger partial charge in [0.1, 0.15) is 0 Å². The van der Waals surface area contributed by atoms with Crippen LogP contribution in [0.5, 0.6) is 0 Å². The summed E-state index contributed by atoms with van der Waals surface area (Å²) in [5, 5.41) is 5.66. The third kappa shape index (κ3) is 6.04. The van der Waals surface area contributed by atoms with E-state index in [-0.39, 0.29) is 5.91 Å². The standard InChI is InChI=1S/C29H43NO2/c1-21-14-15-24-16-17-27(29(31)30-18-19-32-26-12-7-13-26)22(2)28(24)20-25(21)11-6-10-23-8-4-3-5-9-23/h15-17,20-21,23,25-26H,3-14,18-19H2,1-2H3,(H,30,31). The van der Waals surface area contributed by atoms with E-state index >= 15 is 0 Å². The van der Waals surface area contributed by atoms with Crippen LogP contribution in [-0.4, -0.2) is 25.2 Å². The van der Waals surface area contributed by atoms with Crippen molar-refractivity contribution in [1.82, 2.24) is 5.32 Å². The molecule has 3 aliphatic rings. The van der Waals surface area contributed by atoms with Gasteiger partial charge in [-0.05, 0) is 78.8 Å². The van der Waals surface area contributed by atoms with Crippen LogP contribution in [0.1, 0.15) is 99.9 Å². The van der Waals surface area contributed by atoms with E-state index in [4.69, 9.17) is 4.74 Å². The van der Waals surface area contributed by atoms with Gasteiger partial charge in [-0.3, -0.25) is 4.79 Å². The van der Waals surface area contributed by atoms with Gasteiger partial charge in [-0.15, -0.1) is 0 Å². The van der Waals surface area contributed by atoms with Gasteiger partial charge in [0, 0.05) is 12.1 Å². The number of nitrogens with one attached hydrogen (secondary N) is 1. The summed E-state index contributed by atoms with van der Waals surface area (Å²) in [5.74, 6) is 2.26. The highest BCUT2D eigenvalue weighted by molar-refractivity contribution is 5.95. The predicted molar refractivity (Wildman–Crippen MR) is 133 cm³/mol. The lowest BCUT2D eigenvalue weighted by atomic mass is 9.82. The van der Waals surface area contributed by atoms with Crippen molar-refractivity contribution in [2.75, 3.05) is 13.2 Å². The van der Waals surface area contributed by atoms with Gasteiger partial charge in [-0.25, -0.2) is 0 Å². The van der Waals surface area contributed by atoms with Crippen molar-refractivity contribution in [2.24, 2.45) is 17.8 Å². The van der Waals surface area contributed by atoms with Gasteiger partial charge in [0.05, 0.1) is 12.7 Å². The molecule has 0 aromatic heterocycles. The lowest BCUT2D eigenvalue weighted by Crippen LogP contribution is -2.34. The Balaban J connectivity index is 1.40. The Morgan fingerprint density at radius 1 is 1.06 bits per heavy atom. The molecule has 3 nitrogen and oxygen atoms in total. The molecule has 2 atom stereocenters. The Labute approximate surface area is 194 Å². The monoisotopic (exact) mass is 437 g/mol. The van der Waals surface area contributed by atoms with Gasteiger partial charge < -0.3 is 10.1 Å². The van der Waals surface area contributed by atoms with Crippen molar-refractivity contribution in [3.8, 4) is 0 Å². The van der Waals surface area contributed by atoms with Crippen molar-refractivity contribution in [3.05, 3.63) is 33.7 Å². The number of carbonyl (C=O) groups is 1. The van der Waals surface area contributed by atoms with Crippen molar-refractivity contribution in [2.45, 2.75) is 97.0 Å². The van der Waals surface area contributed by atoms with Crippen LogP contribution in [-0.2, 0) is 4.74 Å². The molecule has 0 heterocycles. The molecule has 1 N–H and O–H groups in total. The normalized spacial score (nSPS) is 23.9. The highest BCUT2D eigenvalue weighted by Crippen LogP contribution is 2.31. The molecule has 0 aliphatic heterocycles. The first-order chi connectivity index (χ1) is 15.6. The van der Waals surface area contributed by atoms with Gasteiger partial charge >= 0.3 is 0 Å². The lowest BCUT2D eigenvalue weighted by molar-refractivity contribution is 0.00440. The summed E-state index contributed by atoms with van der Waals surface area (Å²) in [6.45, 7) is 5.72. The molecular weight excluding hydrogens is 394 g/mol. The number of carbonyl (C=O) groups excluding carboxylic acids is 1. The van der Waals surface area contributed by atoms with Gasteiger partial charge in [-0.2, -0.15) is 0 Å². The quantitative estimate of drug-likeness (QED) is 0.535. The Morgan fingerprint density at radius 3 is 2.62 bits per heavy atom. The largest absolute Gasteiger partial charge is 0.376 e. The first-order valence-corrected chi connectivity index (χ1v) is 13.3. The highest BCUT2D eigenvalue weighted by atomic mass is 16.5. The molecule has 0 radical (unpaired) electrons. The second kappa shape index (κ2) is 11.5. The van der Waals surface area contributed by atoms with Crippen LogP contribution in [0.4, 0.5) is 0 Å². The zero-order valence-corrected chi connectivity index (χ0v) is 20.3. The van der Waals surface area contributed by atoms with E-state index in [1.54, 1.807) is 0 Å². The zero-order valence-electron chi connectivity index (χ0n) is 20.3.